The van der Waals surface area contributed by atoms with Crippen molar-refractivity contribution in [3.8, 4) is 5.75 Å². The van der Waals surface area contributed by atoms with Crippen molar-refractivity contribution in [2.75, 3.05) is 11.4 Å². The van der Waals surface area contributed by atoms with E-state index in [1.54, 1.807) is 6.07 Å². The van der Waals surface area contributed by atoms with Crippen molar-refractivity contribution in [2.24, 2.45) is 0 Å². The summed E-state index contributed by atoms with van der Waals surface area (Å²) in [5, 5.41) is 0.361. The summed E-state index contributed by atoms with van der Waals surface area (Å²) in [5.74, 6) is -0.195. The number of amides is 1. The van der Waals surface area contributed by atoms with Crippen LogP contribution in [0.15, 0.2) is 18.2 Å². The number of nitrogens with zero attached hydrogens (tertiary/aromatic N) is 1. The third-order valence-electron chi connectivity index (χ3n) is 3.16. The maximum absolute atomic E-state index is 12.2. The summed E-state index contributed by atoms with van der Waals surface area (Å²) in [4.78, 5) is 24.3. The number of rotatable bonds is 4. The first-order valence-corrected chi connectivity index (χ1v) is 6.96. The van der Waals surface area contributed by atoms with Gasteiger partial charge in [-0.2, -0.15) is 13.2 Å². The van der Waals surface area contributed by atoms with Gasteiger partial charge < -0.3 is 9.64 Å². The van der Waals surface area contributed by atoms with E-state index in [1.165, 1.54) is 17.0 Å². The maximum atomic E-state index is 12.2. The van der Waals surface area contributed by atoms with Gasteiger partial charge in [0.2, 0.25) is 5.91 Å². The smallest absolute Gasteiger partial charge is 0.389 e. The highest BCUT2D eigenvalue weighted by molar-refractivity contribution is 6.31. The van der Waals surface area contributed by atoms with Gasteiger partial charge in [-0.1, -0.05) is 11.6 Å². The van der Waals surface area contributed by atoms with E-state index >= 15 is 0 Å². The van der Waals surface area contributed by atoms with E-state index in [-0.39, 0.29) is 19.4 Å². The van der Waals surface area contributed by atoms with Gasteiger partial charge in [-0.05, 0) is 24.6 Å². The fourth-order valence-electron chi connectivity index (χ4n) is 2.16. The van der Waals surface area contributed by atoms with Crippen LogP contribution >= 0.6 is 11.6 Å². The van der Waals surface area contributed by atoms with E-state index in [2.05, 4.69) is 0 Å². The molecule has 0 saturated carbocycles. The van der Waals surface area contributed by atoms with Gasteiger partial charge >= 0.3 is 6.18 Å². The molecule has 1 amide bonds. The number of fused-ring (bicyclic) bond motifs is 1. The Morgan fingerprint density at radius 3 is 2.82 bits per heavy atom. The monoisotopic (exact) mass is 335 g/mol. The zero-order valence-electron chi connectivity index (χ0n) is 11.4. The van der Waals surface area contributed by atoms with Gasteiger partial charge in [0, 0.05) is 17.9 Å². The van der Waals surface area contributed by atoms with Crippen LogP contribution in [0, 0.1) is 0 Å². The predicted octanol–water partition coefficient (Wildman–Crippen LogP) is 3.37. The van der Waals surface area contributed by atoms with Crippen molar-refractivity contribution >= 4 is 29.5 Å². The summed E-state index contributed by atoms with van der Waals surface area (Å²) in [6.07, 6.45) is -6.19. The van der Waals surface area contributed by atoms with Gasteiger partial charge in [0.25, 0.3) is 0 Å². The molecule has 0 spiro atoms. The number of benzene rings is 1. The molecule has 1 atom stereocenters. The lowest BCUT2D eigenvalue weighted by molar-refractivity contribution is -0.137. The molecule has 1 aromatic rings. The zero-order chi connectivity index (χ0) is 16.3. The summed E-state index contributed by atoms with van der Waals surface area (Å²) in [7, 11) is 0. The second-order valence-corrected chi connectivity index (χ2v) is 5.31. The van der Waals surface area contributed by atoms with Crippen LogP contribution in [0.5, 0.6) is 5.75 Å². The Hall–Kier alpha value is -1.76. The van der Waals surface area contributed by atoms with Crippen molar-refractivity contribution in [1.82, 2.24) is 0 Å². The molecular weight excluding hydrogens is 323 g/mol. The fourth-order valence-corrected chi connectivity index (χ4v) is 2.33. The Labute approximate surface area is 129 Å². The van der Waals surface area contributed by atoms with Crippen LogP contribution in [0.4, 0.5) is 18.9 Å². The predicted molar refractivity (Wildman–Crippen MR) is 74.2 cm³/mol. The molecule has 2 rings (SSSR count). The molecule has 0 N–H and O–H groups in total. The normalized spacial score (nSPS) is 17.6. The van der Waals surface area contributed by atoms with Crippen LogP contribution in [-0.2, 0) is 9.59 Å². The fraction of sp³-hybridized carbons (Fsp3) is 0.429. The number of alkyl halides is 3. The first-order chi connectivity index (χ1) is 10.3. The van der Waals surface area contributed by atoms with Crippen LogP contribution in [0.2, 0.25) is 5.02 Å². The van der Waals surface area contributed by atoms with Crippen LogP contribution in [-0.4, -0.2) is 31.0 Å². The summed E-state index contributed by atoms with van der Waals surface area (Å²) in [5.41, 5.74) is 0.364. The van der Waals surface area contributed by atoms with E-state index < -0.39 is 24.6 Å². The third kappa shape index (κ3) is 4.13. The molecular formula is C14H13ClF3NO3. The lowest BCUT2D eigenvalue weighted by Crippen LogP contribution is -2.44. The Kier molecular flexibility index (Phi) is 4.95. The van der Waals surface area contributed by atoms with Crippen molar-refractivity contribution in [2.45, 2.75) is 31.5 Å². The molecule has 8 heteroatoms. The molecule has 120 valence electrons. The minimum atomic E-state index is -4.29. The van der Waals surface area contributed by atoms with E-state index in [4.69, 9.17) is 16.3 Å². The molecule has 0 aromatic heterocycles. The second-order valence-electron chi connectivity index (χ2n) is 4.88. The van der Waals surface area contributed by atoms with E-state index in [9.17, 15) is 22.8 Å². The van der Waals surface area contributed by atoms with Gasteiger partial charge in [0.05, 0.1) is 12.2 Å². The number of hydrogen-bond donors (Lipinski definition) is 0. The van der Waals surface area contributed by atoms with Gasteiger partial charge in [-0.15, -0.1) is 0 Å². The quantitative estimate of drug-likeness (QED) is 0.793. The minimum Gasteiger partial charge on any atom is -0.479 e. The molecule has 1 aliphatic heterocycles. The first kappa shape index (κ1) is 16.6. The van der Waals surface area contributed by atoms with Crippen LogP contribution in [0.1, 0.15) is 19.3 Å². The van der Waals surface area contributed by atoms with E-state index in [0.29, 0.717) is 22.7 Å². The Morgan fingerprint density at radius 1 is 1.45 bits per heavy atom. The molecule has 0 radical (unpaired) electrons. The molecule has 4 nitrogen and oxygen atoms in total. The third-order valence-corrected chi connectivity index (χ3v) is 3.39. The van der Waals surface area contributed by atoms with E-state index in [1.807, 2.05) is 0 Å². The average Bonchev–Trinajstić information content (AvgIpc) is 2.44. The topological polar surface area (TPSA) is 46.6 Å². The molecule has 22 heavy (non-hydrogen) atoms. The summed E-state index contributed by atoms with van der Waals surface area (Å²) in [6.45, 7) is -0.0400. The highest BCUT2D eigenvalue weighted by Crippen LogP contribution is 2.36. The van der Waals surface area contributed by atoms with Gasteiger partial charge in [0.15, 0.2) is 12.4 Å². The average molecular weight is 336 g/mol. The molecule has 0 bridgehead atoms. The molecule has 0 fully saturated rings. The van der Waals surface area contributed by atoms with Crippen molar-refractivity contribution < 1.29 is 27.5 Å². The zero-order valence-corrected chi connectivity index (χ0v) is 12.2. The van der Waals surface area contributed by atoms with Gasteiger partial charge in [0.1, 0.15) is 5.75 Å². The lowest BCUT2D eigenvalue weighted by Gasteiger charge is -2.33. The number of halogens is 4. The second kappa shape index (κ2) is 6.56. The Balaban J connectivity index is 2.13. The molecule has 1 aromatic carbocycles. The number of aldehydes is 1. The van der Waals surface area contributed by atoms with Gasteiger partial charge in [-0.25, -0.2) is 0 Å². The first-order valence-electron chi connectivity index (χ1n) is 6.59. The Bertz CT molecular complexity index is 577. The molecule has 1 aliphatic rings. The number of carbonyl (C=O) groups excluding carboxylic acids is 2. The number of hydrogen-bond acceptors (Lipinski definition) is 3. The number of ether oxygens (including phenoxy) is 1. The standard InChI is InChI=1S/C14H13ClF3NO3/c15-9-3-4-12-11(6-9)19(7-10(8-20)22-12)13(21)2-1-5-14(16,17)18/h3-4,6,8,10H,1-2,5,7H2. The summed E-state index contributed by atoms with van der Waals surface area (Å²) >= 11 is 5.87. The highest BCUT2D eigenvalue weighted by atomic mass is 35.5. The van der Waals surface area contributed by atoms with Crippen molar-refractivity contribution in [3.05, 3.63) is 23.2 Å². The maximum Gasteiger partial charge on any atom is 0.389 e. The Morgan fingerprint density at radius 2 is 2.18 bits per heavy atom. The minimum absolute atomic E-state index is 0.0400. The summed E-state index contributed by atoms with van der Waals surface area (Å²) < 4.78 is 41.8. The largest absolute Gasteiger partial charge is 0.479 e. The highest BCUT2D eigenvalue weighted by Gasteiger charge is 2.31. The van der Waals surface area contributed by atoms with Crippen molar-refractivity contribution in [1.29, 1.82) is 0 Å². The molecule has 1 unspecified atom stereocenters. The van der Waals surface area contributed by atoms with Gasteiger partial charge in [-0.3, -0.25) is 9.59 Å². The number of carbonyl (C=O) groups is 2. The lowest BCUT2D eigenvalue weighted by atomic mass is 10.1. The molecule has 1 heterocycles. The SMILES string of the molecule is O=CC1CN(C(=O)CCCC(F)(F)F)c2cc(Cl)ccc2O1. The summed E-state index contributed by atoms with van der Waals surface area (Å²) in [6, 6.07) is 4.54. The van der Waals surface area contributed by atoms with Crippen molar-refractivity contribution in [3.63, 3.8) is 0 Å². The van der Waals surface area contributed by atoms with Crippen LogP contribution < -0.4 is 9.64 Å². The molecule has 0 saturated heterocycles. The van der Waals surface area contributed by atoms with E-state index in [0.717, 1.165) is 0 Å². The van der Waals surface area contributed by atoms with Crippen LogP contribution in [0.25, 0.3) is 0 Å². The number of anilines is 1. The van der Waals surface area contributed by atoms with Crippen LogP contribution in [0.3, 0.4) is 0 Å². The molecule has 0 aliphatic carbocycles.